The summed E-state index contributed by atoms with van der Waals surface area (Å²) in [6.07, 6.45) is 7.06. The maximum atomic E-state index is 11.5. The molecular formula is C31H45NO6Si. The lowest BCUT2D eigenvalue weighted by molar-refractivity contribution is 0.0397. The molecule has 1 aromatic heterocycles. The van der Waals surface area contributed by atoms with Crippen LogP contribution >= 0.6 is 0 Å². The van der Waals surface area contributed by atoms with Crippen molar-refractivity contribution in [3.8, 4) is 5.75 Å². The van der Waals surface area contributed by atoms with Gasteiger partial charge in [0.15, 0.2) is 8.32 Å². The number of aromatic nitrogens is 1. The Kier molecular flexibility index (Phi) is 12.4. The van der Waals surface area contributed by atoms with Crippen molar-refractivity contribution in [3.63, 3.8) is 0 Å². The molecule has 0 aliphatic carbocycles. The van der Waals surface area contributed by atoms with E-state index in [1.165, 1.54) is 23.8 Å². The van der Waals surface area contributed by atoms with Crippen molar-refractivity contribution in [2.24, 2.45) is 0 Å². The number of pyridine rings is 1. The predicted octanol–water partition coefficient (Wildman–Crippen LogP) is 8.21. The van der Waals surface area contributed by atoms with Crippen molar-refractivity contribution in [3.05, 3.63) is 65.0 Å². The lowest BCUT2D eigenvalue weighted by Crippen LogP contribution is -2.46. The Balaban J connectivity index is 2.16. The van der Waals surface area contributed by atoms with Crippen LogP contribution in [0, 0.1) is 0 Å². The van der Waals surface area contributed by atoms with Gasteiger partial charge < -0.3 is 19.4 Å². The summed E-state index contributed by atoms with van der Waals surface area (Å²) in [6, 6.07) is 13.2. The van der Waals surface area contributed by atoms with Crippen LogP contribution in [0.1, 0.15) is 106 Å². The highest BCUT2D eigenvalue weighted by Crippen LogP contribution is 2.35. The number of benzene rings is 1. The fraction of sp³-hybridized carbons (Fsp3) is 0.516. The molecule has 0 amide bonds. The molecule has 214 valence electrons. The summed E-state index contributed by atoms with van der Waals surface area (Å²) in [5.74, 6) is -2.34. The monoisotopic (exact) mass is 555 g/mol. The molecule has 1 heterocycles. The van der Waals surface area contributed by atoms with E-state index >= 15 is 0 Å². The molecule has 2 aromatic rings. The van der Waals surface area contributed by atoms with Gasteiger partial charge in [-0.05, 0) is 86.1 Å². The van der Waals surface area contributed by atoms with Crippen LogP contribution < -0.4 is 4.74 Å². The Morgan fingerprint density at radius 2 is 1.56 bits per heavy atom. The predicted molar refractivity (Wildman–Crippen MR) is 158 cm³/mol. The van der Waals surface area contributed by atoms with Crippen molar-refractivity contribution in [1.29, 1.82) is 0 Å². The molecule has 0 atom stereocenters. The number of carbonyl (C=O) groups is 2. The lowest BCUT2D eigenvalue weighted by Gasteiger charge is -2.42. The van der Waals surface area contributed by atoms with Crippen LogP contribution in [0.3, 0.4) is 0 Å². The average Bonchev–Trinajstić information content (AvgIpc) is 2.96. The third-order valence-electron chi connectivity index (χ3n) is 8.00. The summed E-state index contributed by atoms with van der Waals surface area (Å²) in [6.45, 7) is 13.6. The Labute approximate surface area is 234 Å². The van der Waals surface area contributed by atoms with E-state index in [-0.39, 0.29) is 29.1 Å². The van der Waals surface area contributed by atoms with Gasteiger partial charge in [-0.2, -0.15) is 0 Å². The molecule has 39 heavy (non-hydrogen) atoms. The van der Waals surface area contributed by atoms with Crippen LogP contribution in [0.25, 0.3) is 5.57 Å². The largest absolute Gasteiger partial charge is 0.487 e. The molecule has 8 heteroatoms. The molecule has 0 aliphatic rings. The van der Waals surface area contributed by atoms with E-state index in [0.29, 0.717) is 5.69 Å². The summed E-state index contributed by atoms with van der Waals surface area (Å²) < 4.78 is 12.8. The molecule has 0 unspecified atom stereocenters. The van der Waals surface area contributed by atoms with Crippen LogP contribution in [0.4, 0.5) is 0 Å². The van der Waals surface area contributed by atoms with Crippen molar-refractivity contribution in [2.75, 3.05) is 0 Å². The second kappa shape index (κ2) is 15.0. The van der Waals surface area contributed by atoms with Gasteiger partial charge in [0.1, 0.15) is 12.4 Å². The SMILES string of the molecule is CC/C(=C\CCC(CC)(CC)O[Si](CC)(CC)CC)c1cccc(COc2ccc(C(=O)O)c(C(=O)O)c2)n1. The van der Waals surface area contributed by atoms with E-state index in [0.717, 1.165) is 55.9 Å². The summed E-state index contributed by atoms with van der Waals surface area (Å²) in [5, 5.41) is 18.6. The number of aromatic carboxylic acids is 2. The van der Waals surface area contributed by atoms with Gasteiger partial charge in [0, 0.05) is 0 Å². The molecule has 0 spiro atoms. The van der Waals surface area contributed by atoms with E-state index in [2.05, 4.69) is 47.6 Å². The number of ether oxygens (including phenoxy) is 1. The summed E-state index contributed by atoms with van der Waals surface area (Å²) in [4.78, 5) is 27.5. The molecule has 0 fully saturated rings. The molecule has 7 nitrogen and oxygen atoms in total. The zero-order valence-corrected chi connectivity index (χ0v) is 25.4. The quantitative estimate of drug-likeness (QED) is 0.189. The van der Waals surface area contributed by atoms with Crippen molar-refractivity contribution < 1.29 is 29.0 Å². The Hall–Kier alpha value is -2.97. The first-order valence-corrected chi connectivity index (χ1v) is 16.7. The highest BCUT2D eigenvalue weighted by Gasteiger charge is 2.38. The molecule has 0 aliphatic heterocycles. The smallest absolute Gasteiger partial charge is 0.336 e. The minimum Gasteiger partial charge on any atom is -0.487 e. The van der Waals surface area contributed by atoms with Crippen LogP contribution in [0.15, 0.2) is 42.5 Å². The molecule has 2 N–H and O–H groups in total. The first kappa shape index (κ1) is 32.2. The molecule has 0 saturated heterocycles. The van der Waals surface area contributed by atoms with Gasteiger partial charge in [0.05, 0.1) is 28.1 Å². The van der Waals surface area contributed by atoms with Crippen LogP contribution in [0.5, 0.6) is 5.75 Å². The summed E-state index contributed by atoms with van der Waals surface area (Å²) in [7, 11) is -1.72. The van der Waals surface area contributed by atoms with Gasteiger partial charge in [-0.25, -0.2) is 14.6 Å². The number of rotatable bonds is 17. The first-order valence-electron chi connectivity index (χ1n) is 14.2. The van der Waals surface area contributed by atoms with E-state index in [1.54, 1.807) is 0 Å². The van der Waals surface area contributed by atoms with Crippen molar-refractivity contribution in [2.45, 2.75) is 104 Å². The Morgan fingerprint density at radius 3 is 2.10 bits per heavy atom. The number of carboxylic acids is 2. The van der Waals surface area contributed by atoms with Gasteiger partial charge in [0.25, 0.3) is 0 Å². The Morgan fingerprint density at radius 1 is 0.923 bits per heavy atom. The van der Waals surface area contributed by atoms with Gasteiger partial charge in [-0.15, -0.1) is 0 Å². The minimum atomic E-state index is -1.72. The zero-order chi connectivity index (χ0) is 29.1. The maximum Gasteiger partial charge on any atom is 0.336 e. The molecule has 2 rings (SSSR count). The third-order valence-corrected chi connectivity index (χ3v) is 12.7. The fourth-order valence-corrected chi connectivity index (χ4v) is 8.28. The molecular weight excluding hydrogens is 510 g/mol. The van der Waals surface area contributed by atoms with Gasteiger partial charge >= 0.3 is 11.9 Å². The van der Waals surface area contributed by atoms with Gasteiger partial charge in [-0.1, -0.05) is 53.7 Å². The molecule has 1 aromatic carbocycles. The first-order chi connectivity index (χ1) is 18.6. The fourth-order valence-electron chi connectivity index (χ4n) is 5.04. The van der Waals surface area contributed by atoms with Gasteiger partial charge in [-0.3, -0.25) is 0 Å². The van der Waals surface area contributed by atoms with E-state index in [1.807, 2.05) is 18.2 Å². The molecule has 0 saturated carbocycles. The maximum absolute atomic E-state index is 11.5. The van der Waals surface area contributed by atoms with Crippen LogP contribution in [-0.4, -0.2) is 41.1 Å². The third kappa shape index (κ3) is 8.50. The zero-order valence-electron chi connectivity index (χ0n) is 24.4. The number of allylic oxidation sites excluding steroid dienone is 2. The normalized spacial score (nSPS) is 12.4. The second-order valence-corrected chi connectivity index (χ2v) is 14.7. The molecule has 0 bridgehead atoms. The summed E-state index contributed by atoms with van der Waals surface area (Å²) in [5.41, 5.74) is 2.09. The Bertz CT molecular complexity index is 1130. The number of hydrogen-bond acceptors (Lipinski definition) is 5. The highest BCUT2D eigenvalue weighted by molar-refractivity contribution is 6.73. The van der Waals surface area contributed by atoms with E-state index in [4.69, 9.17) is 14.1 Å². The molecule has 0 radical (unpaired) electrons. The van der Waals surface area contributed by atoms with Crippen LogP contribution in [0.2, 0.25) is 18.1 Å². The highest BCUT2D eigenvalue weighted by atomic mass is 28.4. The number of nitrogens with zero attached hydrogens (tertiary/aromatic N) is 1. The van der Waals surface area contributed by atoms with E-state index < -0.39 is 20.3 Å². The van der Waals surface area contributed by atoms with E-state index in [9.17, 15) is 19.8 Å². The van der Waals surface area contributed by atoms with Crippen molar-refractivity contribution in [1.82, 2.24) is 4.98 Å². The topological polar surface area (TPSA) is 106 Å². The lowest BCUT2D eigenvalue weighted by atomic mass is 9.91. The van der Waals surface area contributed by atoms with Gasteiger partial charge in [0.2, 0.25) is 0 Å². The second-order valence-electron chi connectivity index (χ2n) is 9.98. The standard InChI is InChI=1S/C31H45NO6Si/c1-7-23(15-14-20-31(8-2,9-3)38-39(10-4,11-5)12-6)28-17-13-16-24(32-28)22-37-25-18-19-26(29(33)34)27(21-25)30(35)36/h13,15-19,21H,7-12,14,20,22H2,1-6H3,(H,33,34)(H,35,36)/b23-15+. The van der Waals surface area contributed by atoms with Crippen LogP contribution in [-0.2, 0) is 11.0 Å². The van der Waals surface area contributed by atoms with Crippen molar-refractivity contribution >= 4 is 25.8 Å². The minimum absolute atomic E-state index is 0.0856. The summed E-state index contributed by atoms with van der Waals surface area (Å²) >= 11 is 0. The number of carboxylic acid groups (broad SMARTS) is 2. The average molecular weight is 556 g/mol. The number of hydrogen-bond donors (Lipinski definition) is 2.